The average Bonchev–Trinajstić information content (AvgIpc) is 2.39. The van der Waals surface area contributed by atoms with Crippen LogP contribution in [0.4, 0.5) is 5.69 Å². The van der Waals surface area contributed by atoms with Crippen LogP contribution in [0.2, 0.25) is 0 Å². The maximum Gasteiger partial charge on any atom is 0.312 e. The molecule has 0 saturated carbocycles. The van der Waals surface area contributed by atoms with Gasteiger partial charge in [-0.2, -0.15) is 0 Å². The predicted molar refractivity (Wildman–Crippen MR) is 70.3 cm³/mol. The van der Waals surface area contributed by atoms with Crippen LogP contribution in [0, 0.1) is 22.0 Å². The predicted octanol–water partition coefficient (Wildman–Crippen LogP) is 0.991. The van der Waals surface area contributed by atoms with E-state index in [1.807, 2.05) is 0 Å². The zero-order valence-corrected chi connectivity index (χ0v) is 10.7. The molecule has 0 unspecified atom stereocenters. The normalized spacial score (nSPS) is 9.25. The maximum atomic E-state index is 10.7. The van der Waals surface area contributed by atoms with Crippen molar-refractivity contribution in [1.29, 1.82) is 0 Å². The summed E-state index contributed by atoms with van der Waals surface area (Å²) in [5, 5.41) is 22.8. The van der Waals surface area contributed by atoms with Crippen molar-refractivity contribution in [2.24, 2.45) is 0 Å². The molecule has 0 saturated heterocycles. The molecule has 7 nitrogen and oxygen atoms in total. The Morgan fingerprint density at radius 2 is 2.25 bits per heavy atom. The molecule has 0 atom stereocenters. The average molecular weight is 276 g/mol. The van der Waals surface area contributed by atoms with E-state index in [-0.39, 0.29) is 17.0 Å². The largest absolute Gasteiger partial charge is 0.502 e. The lowest BCUT2D eigenvalue weighted by molar-refractivity contribution is -0.385. The second-order valence-corrected chi connectivity index (χ2v) is 3.84. The number of aldehydes is 1. The summed E-state index contributed by atoms with van der Waals surface area (Å²) in [6, 6.07) is 2.36. The lowest BCUT2D eigenvalue weighted by Crippen LogP contribution is -2.20. The van der Waals surface area contributed by atoms with Crippen molar-refractivity contribution < 1.29 is 19.6 Å². The molecule has 104 valence electrons. The highest BCUT2D eigenvalue weighted by Gasteiger charge is 2.18. The van der Waals surface area contributed by atoms with E-state index in [2.05, 4.69) is 17.2 Å². The first-order chi connectivity index (χ1) is 9.45. The van der Waals surface area contributed by atoms with E-state index in [9.17, 15) is 24.8 Å². The summed E-state index contributed by atoms with van der Waals surface area (Å²) in [4.78, 5) is 31.3. The molecular formula is C13H12N2O5. The Bertz CT molecular complexity index is 613. The van der Waals surface area contributed by atoms with Gasteiger partial charge in [0, 0.05) is 31.5 Å². The van der Waals surface area contributed by atoms with Gasteiger partial charge in [-0.1, -0.05) is 11.8 Å². The van der Waals surface area contributed by atoms with Crippen molar-refractivity contribution in [2.45, 2.75) is 13.3 Å². The van der Waals surface area contributed by atoms with Gasteiger partial charge in [0.25, 0.3) is 0 Å². The summed E-state index contributed by atoms with van der Waals surface area (Å²) in [5.74, 6) is 4.51. The van der Waals surface area contributed by atoms with Crippen LogP contribution in [-0.4, -0.2) is 28.8 Å². The third kappa shape index (κ3) is 4.10. The molecule has 0 heterocycles. The van der Waals surface area contributed by atoms with Crippen LogP contribution in [-0.2, 0) is 4.79 Å². The molecule has 1 aromatic carbocycles. The number of nitro benzene ring substituents is 1. The van der Waals surface area contributed by atoms with Crippen molar-refractivity contribution in [3.05, 3.63) is 33.4 Å². The number of hydrogen-bond donors (Lipinski definition) is 2. The zero-order valence-electron chi connectivity index (χ0n) is 10.7. The van der Waals surface area contributed by atoms with Gasteiger partial charge in [-0.3, -0.25) is 19.7 Å². The van der Waals surface area contributed by atoms with Crippen molar-refractivity contribution in [3.8, 4) is 17.6 Å². The number of rotatable bonds is 4. The molecule has 0 spiro atoms. The smallest absolute Gasteiger partial charge is 0.312 e. The van der Waals surface area contributed by atoms with Crippen LogP contribution in [0.25, 0.3) is 0 Å². The Morgan fingerprint density at radius 1 is 1.55 bits per heavy atom. The monoisotopic (exact) mass is 276 g/mol. The van der Waals surface area contributed by atoms with E-state index in [1.54, 1.807) is 0 Å². The summed E-state index contributed by atoms with van der Waals surface area (Å²) in [7, 11) is 0. The minimum atomic E-state index is -0.787. The second kappa shape index (κ2) is 6.89. The van der Waals surface area contributed by atoms with Gasteiger partial charge in [-0.15, -0.1) is 0 Å². The molecule has 1 rings (SSSR count). The molecule has 1 amide bonds. The quantitative estimate of drug-likeness (QED) is 0.280. The highest BCUT2D eigenvalue weighted by molar-refractivity contribution is 5.83. The van der Waals surface area contributed by atoms with Crippen LogP contribution in [0.3, 0.4) is 0 Å². The van der Waals surface area contributed by atoms with Gasteiger partial charge in [0.05, 0.1) is 10.5 Å². The number of carbonyl (C=O) groups excluding carboxylic acids is 2. The number of nitro groups is 1. The van der Waals surface area contributed by atoms with Crippen LogP contribution < -0.4 is 5.32 Å². The third-order valence-corrected chi connectivity index (χ3v) is 2.30. The highest BCUT2D eigenvalue weighted by Crippen LogP contribution is 2.29. The number of carbonyl (C=O) groups is 2. The fourth-order valence-electron chi connectivity index (χ4n) is 1.41. The van der Waals surface area contributed by atoms with Gasteiger partial charge in [-0.25, -0.2) is 0 Å². The van der Waals surface area contributed by atoms with Gasteiger partial charge >= 0.3 is 5.69 Å². The molecule has 0 aliphatic rings. The minimum absolute atomic E-state index is 0.171. The number of phenolic OH excluding ortho intramolecular Hbond substituents is 1. The summed E-state index contributed by atoms with van der Waals surface area (Å²) < 4.78 is 0. The molecule has 0 radical (unpaired) electrons. The minimum Gasteiger partial charge on any atom is -0.502 e. The van der Waals surface area contributed by atoms with Gasteiger partial charge in [0.1, 0.15) is 0 Å². The first-order valence-electron chi connectivity index (χ1n) is 5.65. The van der Waals surface area contributed by atoms with Crippen molar-refractivity contribution in [2.75, 3.05) is 6.54 Å². The lowest BCUT2D eigenvalue weighted by atomic mass is 10.1. The number of hydrogen-bond acceptors (Lipinski definition) is 5. The van der Waals surface area contributed by atoms with E-state index in [0.717, 1.165) is 6.07 Å². The van der Waals surface area contributed by atoms with Crippen molar-refractivity contribution >= 4 is 17.9 Å². The SMILES string of the molecule is CC(=O)NCCC#Cc1cc(C=O)c(O)c([N+](=O)[O-])c1. The van der Waals surface area contributed by atoms with E-state index >= 15 is 0 Å². The number of nitrogens with zero attached hydrogens (tertiary/aromatic N) is 1. The lowest BCUT2D eigenvalue weighted by Gasteiger charge is -2.00. The second-order valence-electron chi connectivity index (χ2n) is 3.84. The number of nitrogens with one attached hydrogen (secondary N) is 1. The third-order valence-electron chi connectivity index (χ3n) is 2.30. The fraction of sp³-hybridized carbons (Fsp3) is 0.231. The molecule has 0 fully saturated rings. The molecule has 7 heteroatoms. The van der Waals surface area contributed by atoms with Gasteiger partial charge in [0.2, 0.25) is 11.7 Å². The Hall–Kier alpha value is -2.88. The van der Waals surface area contributed by atoms with E-state index in [4.69, 9.17) is 0 Å². The molecule has 0 aromatic heterocycles. The van der Waals surface area contributed by atoms with E-state index < -0.39 is 16.4 Å². The maximum absolute atomic E-state index is 10.7. The first kappa shape index (κ1) is 15.2. The fourth-order valence-corrected chi connectivity index (χ4v) is 1.41. The van der Waals surface area contributed by atoms with Gasteiger partial charge < -0.3 is 10.4 Å². The number of phenols is 1. The molecule has 0 aliphatic heterocycles. The van der Waals surface area contributed by atoms with Crippen molar-refractivity contribution in [1.82, 2.24) is 5.32 Å². The molecule has 0 bridgehead atoms. The van der Waals surface area contributed by atoms with E-state index in [1.165, 1.54) is 13.0 Å². The summed E-state index contributed by atoms with van der Waals surface area (Å²) >= 11 is 0. The Morgan fingerprint density at radius 3 is 2.80 bits per heavy atom. The van der Waals surface area contributed by atoms with Crippen molar-refractivity contribution in [3.63, 3.8) is 0 Å². The molecule has 1 aromatic rings. The molecule has 20 heavy (non-hydrogen) atoms. The Kier molecular flexibility index (Phi) is 5.23. The number of benzene rings is 1. The zero-order chi connectivity index (χ0) is 15.1. The van der Waals surface area contributed by atoms with E-state index in [0.29, 0.717) is 19.3 Å². The van der Waals surface area contributed by atoms with Gasteiger partial charge in [-0.05, 0) is 6.07 Å². The van der Waals surface area contributed by atoms with Gasteiger partial charge in [0.15, 0.2) is 6.29 Å². The van der Waals surface area contributed by atoms with Crippen LogP contribution >= 0.6 is 0 Å². The topological polar surface area (TPSA) is 110 Å². The Balaban J connectivity index is 2.93. The molecule has 2 N–H and O–H groups in total. The number of amides is 1. The Labute approximate surface area is 114 Å². The highest BCUT2D eigenvalue weighted by atomic mass is 16.6. The van der Waals surface area contributed by atoms with Crippen LogP contribution in [0.1, 0.15) is 29.3 Å². The first-order valence-corrected chi connectivity index (χ1v) is 5.65. The van der Waals surface area contributed by atoms with Crippen LogP contribution in [0.15, 0.2) is 12.1 Å². The number of aromatic hydroxyl groups is 1. The standard InChI is InChI=1S/C13H12N2O5/c1-9(17)14-5-3-2-4-10-6-11(8-16)13(18)12(7-10)15(19)20/h6-8,18H,3,5H2,1H3,(H,14,17). The molecular weight excluding hydrogens is 264 g/mol. The molecule has 0 aliphatic carbocycles. The van der Waals surface area contributed by atoms with Crippen LogP contribution in [0.5, 0.6) is 5.75 Å². The summed E-state index contributed by atoms with van der Waals surface area (Å²) in [5.41, 5.74) is -0.509. The summed E-state index contributed by atoms with van der Waals surface area (Å²) in [6.45, 7) is 1.75. The summed E-state index contributed by atoms with van der Waals surface area (Å²) in [6.07, 6.45) is 0.690.